The van der Waals surface area contributed by atoms with E-state index < -0.39 is 0 Å². The van der Waals surface area contributed by atoms with Crippen molar-refractivity contribution in [1.82, 2.24) is 9.55 Å². The van der Waals surface area contributed by atoms with Crippen LogP contribution < -0.4 is 0 Å². The molecule has 0 amide bonds. The number of fused-ring (bicyclic) bond motifs is 4. The van der Waals surface area contributed by atoms with Crippen LogP contribution in [0.4, 0.5) is 0 Å². The van der Waals surface area contributed by atoms with E-state index in [2.05, 4.69) is 115 Å². The quantitative estimate of drug-likeness (QED) is 0.261. The number of imidazole rings is 1. The van der Waals surface area contributed by atoms with E-state index in [1.807, 2.05) is 12.1 Å². The van der Waals surface area contributed by atoms with Gasteiger partial charge in [-0.05, 0) is 79.6 Å². The Balaban J connectivity index is 1.47. The molecule has 2 heterocycles. The average Bonchev–Trinajstić information content (AvgIpc) is 3.47. The van der Waals surface area contributed by atoms with E-state index in [9.17, 15) is 0 Å². The van der Waals surface area contributed by atoms with Crippen molar-refractivity contribution in [3.05, 3.63) is 120 Å². The first-order valence-corrected chi connectivity index (χ1v) is 12.2. The fourth-order valence-corrected chi connectivity index (χ4v) is 5.23. The molecule has 3 heteroatoms. The lowest BCUT2D eigenvalue weighted by molar-refractivity contribution is 0.670. The smallest absolute Gasteiger partial charge is 0.145 e. The first-order chi connectivity index (χ1) is 17.7. The first kappa shape index (κ1) is 20.7. The van der Waals surface area contributed by atoms with Crippen LogP contribution in [0, 0.1) is 13.8 Å². The van der Waals surface area contributed by atoms with E-state index in [-0.39, 0.29) is 0 Å². The highest BCUT2D eigenvalue weighted by Gasteiger charge is 2.17. The molecule has 0 aliphatic rings. The van der Waals surface area contributed by atoms with Gasteiger partial charge < -0.3 is 4.42 Å². The van der Waals surface area contributed by atoms with Crippen molar-refractivity contribution in [3.8, 4) is 28.2 Å². The molecular formula is C33H24N2O. The Morgan fingerprint density at radius 3 is 2.31 bits per heavy atom. The van der Waals surface area contributed by atoms with Crippen LogP contribution in [0.5, 0.6) is 0 Å². The second-order valence-electron chi connectivity index (χ2n) is 9.47. The average molecular weight is 465 g/mol. The Morgan fingerprint density at radius 1 is 0.639 bits per heavy atom. The summed E-state index contributed by atoms with van der Waals surface area (Å²) in [6.07, 6.45) is 0. The van der Waals surface area contributed by atoms with Crippen LogP contribution in [0.1, 0.15) is 11.1 Å². The molecule has 7 rings (SSSR count). The highest BCUT2D eigenvalue weighted by atomic mass is 16.3. The van der Waals surface area contributed by atoms with Gasteiger partial charge in [-0.25, -0.2) is 4.98 Å². The molecule has 0 fully saturated rings. The lowest BCUT2D eigenvalue weighted by Gasteiger charge is -2.11. The number of para-hydroxylation sites is 3. The van der Waals surface area contributed by atoms with E-state index in [1.165, 1.54) is 11.1 Å². The van der Waals surface area contributed by atoms with Crippen molar-refractivity contribution in [2.75, 3.05) is 0 Å². The minimum atomic E-state index is 0.921. The minimum absolute atomic E-state index is 0.921. The number of aryl methyl sites for hydroxylation is 2. The number of benzene rings is 5. The van der Waals surface area contributed by atoms with Crippen molar-refractivity contribution in [3.63, 3.8) is 0 Å². The molecular weight excluding hydrogens is 440 g/mol. The third-order valence-electron chi connectivity index (χ3n) is 6.88. The molecule has 0 aliphatic heterocycles. The third-order valence-corrected chi connectivity index (χ3v) is 6.88. The summed E-state index contributed by atoms with van der Waals surface area (Å²) in [6, 6.07) is 38.2. The molecule has 36 heavy (non-hydrogen) atoms. The Kier molecular flexibility index (Phi) is 4.58. The molecule has 0 saturated heterocycles. The SMILES string of the molecule is Cc1ccc2oc3c(-c4cccc(-c5nc6ccccc6n5-c5ccccc5)c4)cc(C)cc3c2c1. The summed E-state index contributed by atoms with van der Waals surface area (Å²) in [4.78, 5) is 5.06. The highest BCUT2D eigenvalue weighted by molar-refractivity contribution is 6.10. The number of aromatic nitrogens is 2. The topological polar surface area (TPSA) is 31.0 Å². The second-order valence-corrected chi connectivity index (χ2v) is 9.47. The molecule has 0 saturated carbocycles. The predicted octanol–water partition coefficient (Wildman–Crippen LogP) is 8.88. The van der Waals surface area contributed by atoms with E-state index in [1.54, 1.807) is 0 Å². The fraction of sp³-hybridized carbons (Fsp3) is 0.0606. The van der Waals surface area contributed by atoms with E-state index >= 15 is 0 Å². The molecule has 0 unspecified atom stereocenters. The van der Waals surface area contributed by atoms with Crippen molar-refractivity contribution < 1.29 is 4.42 Å². The van der Waals surface area contributed by atoms with Crippen molar-refractivity contribution in [1.29, 1.82) is 0 Å². The molecule has 2 aromatic heterocycles. The standard InChI is InChI=1S/C33H24N2O/c1-21-15-16-31-27(17-21)28-19-22(2)18-26(32(28)36-31)23-9-8-10-24(20-23)33-34-29-13-6-7-14-30(29)35(33)25-11-4-3-5-12-25/h3-20H,1-2H3. The van der Waals surface area contributed by atoms with Crippen LogP contribution in [-0.2, 0) is 0 Å². The Bertz CT molecular complexity index is 1910. The number of furan rings is 1. The van der Waals surface area contributed by atoms with Crippen LogP contribution in [-0.4, -0.2) is 9.55 Å². The van der Waals surface area contributed by atoms with Gasteiger partial charge in [-0.3, -0.25) is 4.57 Å². The summed E-state index contributed by atoms with van der Waals surface area (Å²) in [5.41, 5.74) is 10.7. The van der Waals surface area contributed by atoms with Gasteiger partial charge >= 0.3 is 0 Å². The number of nitrogens with zero attached hydrogens (tertiary/aromatic N) is 2. The summed E-state index contributed by atoms with van der Waals surface area (Å²) >= 11 is 0. The first-order valence-electron chi connectivity index (χ1n) is 12.2. The van der Waals surface area contributed by atoms with Gasteiger partial charge in [0.2, 0.25) is 0 Å². The van der Waals surface area contributed by atoms with Crippen molar-refractivity contribution in [2.45, 2.75) is 13.8 Å². The maximum Gasteiger partial charge on any atom is 0.145 e. The van der Waals surface area contributed by atoms with Gasteiger partial charge in [0.05, 0.1) is 11.0 Å². The molecule has 0 atom stereocenters. The summed E-state index contributed by atoms with van der Waals surface area (Å²) in [7, 11) is 0. The monoisotopic (exact) mass is 464 g/mol. The van der Waals surface area contributed by atoms with Gasteiger partial charge in [0.1, 0.15) is 17.0 Å². The van der Waals surface area contributed by atoms with Gasteiger partial charge in [0.15, 0.2) is 0 Å². The van der Waals surface area contributed by atoms with Gasteiger partial charge in [-0.1, -0.05) is 60.2 Å². The van der Waals surface area contributed by atoms with Crippen LogP contribution in [0.25, 0.3) is 61.2 Å². The normalized spacial score (nSPS) is 11.6. The molecule has 0 aliphatic carbocycles. The fourth-order valence-electron chi connectivity index (χ4n) is 5.23. The van der Waals surface area contributed by atoms with Gasteiger partial charge in [-0.2, -0.15) is 0 Å². The molecule has 3 nitrogen and oxygen atoms in total. The molecule has 0 radical (unpaired) electrons. The molecule has 5 aromatic carbocycles. The minimum Gasteiger partial charge on any atom is -0.455 e. The number of hydrogen-bond acceptors (Lipinski definition) is 2. The zero-order valence-corrected chi connectivity index (χ0v) is 20.2. The Hall–Kier alpha value is -4.63. The molecule has 7 aromatic rings. The summed E-state index contributed by atoms with van der Waals surface area (Å²) in [5, 5.41) is 2.32. The zero-order valence-electron chi connectivity index (χ0n) is 20.2. The lowest BCUT2D eigenvalue weighted by Crippen LogP contribution is -1.97. The summed E-state index contributed by atoms with van der Waals surface area (Å²) in [5.74, 6) is 0.924. The third kappa shape index (κ3) is 3.24. The second kappa shape index (κ2) is 7.96. The van der Waals surface area contributed by atoms with Crippen molar-refractivity contribution >= 4 is 33.0 Å². The summed E-state index contributed by atoms with van der Waals surface area (Å²) < 4.78 is 8.65. The predicted molar refractivity (Wildman–Crippen MR) is 149 cm³/mol. The zero-order chi connectivity index (χ0) is 24.2. The molecule has 0 N–H and O–H groups in total. The summed E-state index contributed by atoms with van der Waals surface area (Å²) in [6.45, 7) is 4.27. The Labute approximate surface area is 209 Å². The highest BCUT2D eigenvalue weighted by Crippen LogP contribution is 2.38. The van der Waals surface area contributed by atoms with Crippen LogP contribution in [0.2, 0.25) is 0 Å². The Morgan fingerprint density at radius 2 is 1.42 bits per heavy atom. The molecule has 0 bridgehead atoms. The van der Waals surface area contributed by atoms with Crippen LogP contribution in [0.15, 0.2) is 114 Å². The van der Waals surface area contributed by atoms with E-state index in [4.69, 9.17) is 9.40 Å². The lowest BCUT2D eigenvalue weighted by atomic mass is 9.98. The van der Waals surface area contributed by atoms with Crippen molar-refractivity contribution in [2.24, 2.45) is 0 Å². The number of rotatable bonds is 3. The van der Waals surface area contributed by atoms with Crippen LogP contribution in [0.3, 0.4) is 0 Å². The molecule has 0 spiro atoms. The largest absolute Gasteiger partial charge is 0.455 e. The van der Waals surface area contributed by atoms with Gasteiger partial charge in [0.25, 0.3) is 0 Å². The van der Waals surface area contributed by atoms with Gasteiger partial charge in [-0.15, -0.1) is 0 Å². The van der Waals surface area contributed by atoms with E-state index in [0.717, 1.165) is 61.2 Å². The maximum atomic E-state index is 6.41. The van der Waals surface area contributed by atoms with Gasteiger partial charge in [0, 0.05) is 27.6 Å². The van der Waals surface area contributed by atoms with Crippen LogP contribution >= 0.6 is 0 Å². The van der Waals surface area contributed by atoms with E-state index in [0.29, 0.717) is 0 Å². The molecule has 172 valence electrons. The maximum absolute atomic E-state index is 6.41. The number of hydrogen-bond donors (Lipinski definition) is 0.